The average Bonchev–Trinajstić information content (AvgIpc) is 2.99. The third-order valence-corrected chi connectivity index (χ3v) is 3.34. The molecule has 0 saturated carbocycles. The highest BCUT2D eigenvalue weighted by atomic mass is 16.6. The number of rotatable bonds is 3. The van der Waals surface area contributed by atoms with E-state index in [2.05, 4.69) is 15.5 Å². The van der Waals surface area contributed by atoms with Crippen molar-refractivity contribution in [1.29, 1.82) is 0 Å². The number of nitrogens with zero attached hydrogens (tertiary/aromatic N) is 4. The number of amides is 1. The highest BCUT2D eigenvalue weighted by Crippen LogP contribution is 2.17. The molecule has 27 heavy (non-hydrogen) atoms. The van der Waals surface area contributed by atoms with Crippen molar-refractivity contribution >= 4 is 17.7 Å². The monoisotopic (exact) mass is 382 g/mol. The van der Waals surface area contributed by atoms with Crippen LogP contribution in [0.25, 0.3) is 0 Å². The largest absolute Gasteiger partial charge is 0.444 e. The normalized spacial score (nSPS) is 13.4. The summed E-state index contributed by atoms with van der Waals surface area (Å²) in [5.41, 5.74) is 6.18. The van der Waals surface area contributed by atoms with Crippen LogP contribution in [-0.2, 0) is 18.8 Å². The van der Waals surface area contributed by atoms with Crippen LogP contribution in [0.15, 0.2) is 12.1 Å². The molecule has 0 aliphatic rings. The Hall–Kier alpha value is -2.59. The number of aromatic nitrogens is 4. The van der Waals surface area contributed by atoms with Crippen LogP contribution in [0.5, 0.6) is 0 Å². The number of carbonyl (C=O) groups is 1. The lowest BCUT2D eigenvalue weighted by atomic mass is 10.2. The fraction of sp³-hybridized carbons (Fsp3) is 0.588. The van der Waals surface area contributed by atoms with Crippen LogP contribution in [0.1, 0.15) is 58.2 Å². The topological polar surface area (TPSA) is 140 Å². The lowest BCUT2D eigenvalue weighted by Gasteiger charge is -2.18. The number of carbonyl (C=O) groups excluding carboxylic acids is 1. The van der Waals surface area contributed by atoms with Crippen LogP contribution in [0.3, 0.4) is 0 Å². The molecule has 2 aromatic rings. The smallest absolute Gasteiger partial charge is 0.413 e. The molecule has 2 aromatic heterocycles. The van der Waals surface area contributed by atoms with E-state index in [9.17, 15) is 9.90 Å². The maximum atomic E-state index is 11.5. The highest BCUT2D eigenvalue weighted by molar-refractivity contribution is 5.83. The molecule has 0 radical (unpaired) electrons. The predicted molar refractivity (Wildman–Crippen MR) is 102 cm³/mol. The molecule has 5 N–H and O–H groups in total. The van der Waals surface area contributed by atoms with Gasteiger partial charge in [0, 0.05) is 26.2 Å². The van der Waals surface area contributed by atoms with Gasteiger partial charge in [0.25, 0.3) is 0 Å². The van der Waals surface area contributed by atoms with E-state index in [1.807, 2.05) is 0 Å². The minimum absolute atomic E-state index is 0.359. The number of nitrogens with two attached hydrogens (primary N) is 1. The number of aliphatic hydroxyl groups is 2. The number of hydrogen-bond donors (Lipinski definition) is 4. The van der Waals surface area contributed by atoms with E-state index < -0.39 is 23.9 Å². The Labute approximate surface area is 158 Å². The zero-order chi connectivity index (χ0) is 20.9. The number of hydrogen-bond acceptors (Lipinski definition) is 7. The molecule has 0 aromatic carbocycles. The second kappa shape index (κ2) is 8.87. The van der Waals surface area contributed by atoms with Gasteiger partial charge in [-0.3, -0.25) is 14.7 Å². The maximum Gasteiger partial charge on any atom is 0.413 e. The highest BCUT2D eigenvalue weighted by Gasteiger charge is 2.18. The summed E-state index contributed by atoms with van der Waals surface area (Å²) < 4.78 is 8.17. The number of nitrogen functional groups attached to an aromatic ring is 1. The fourth-order valence-electron chi connectivity index (χ4n) is 2.24. The molecule has 2 atom stereocenters. The summed E-state index contributed by atoms with van der Waals surface area (Å²) in [4.78, 5) is 11.5. The first-order valence-corrected chi connectivity index (χ1v) is 8.49. The molecule has 2 heterocycles. The van der Waals surface area contributed by atoms with Gasteiger partial charge < -0.3 is 20.7 Å². The predicted octanol–water partition coefficient (Wildman–Crippen LogP) is 1.88. The summed E-state index contributed by atoms with van der Waals surface area (Å²) in [5, 5.41) is 29.0. The second-order valence-corrected chi connectivity index (χ2v) is 7.17. The molecule has 0 aliphatic carbocycles. The van der Waals surface area contributed by atoms with Crippen molar-refractivity contribution in [1.82, 2.24) is 19.6 Å². The molecule has 0 bridgehead atoms. The summed E-state index contributed by atoms with van der Waals surface area (Å²) in [6.07, 6.45) is -1.70. The molecule has 10 nitrogen and oxygen atoms in total. The fourth-order valence-corrected chi connectivity index (χ4v) is 2.24. The molecular weight excluding hydrogens is 352 g/mol. The van der Waals surface area contributed by atoms with Gasteiger partial charge in [0.05, 0.1) is 23.6 Å². The van der Waals surface area contributed by atoms with Crippen molar-refractivity contribution in [3.63, 3.8) is 0 Å². The lowest BCUT2D eigenvalue weighted by molar-refractivity contribution is 0.0635. The molecule has 152 valence electrons. The Morgan fingerprint density at radius 2 is 1.59 bits per heavy atom. The first kappa shape index (κ1) is 22.5. The van der Waals surface area contributed by atoms with Crippen molar-refractivity contribution < 1.29 is 19.7 Å². The SMILES string of the molecule is CC(O)c1cc(N)nn1C.CC(O)c1cc(NC(=O)OC(C)(C)C)nn1C. The molecule has 2 unspecified atom stereocenters. The van der Waals surface area contributed by atoms with Crippen LogP contribution >= 0.6 is 0 Å². The molecule has 10 heteroatoms. The number of aliphatic hydroxyl groups excluding tert-OH is 2. The Morgan fingerprint density at radius 1 is 1.11 bits per heavy atom. The van der Waals surface area contributed by atoms with E-state index in [-0.39, 0.29) is 0 Å². The van der Waals surface area contributed by atoms with Crippen molar-refractivity contribution in [2.45, 2.75) is 52.4 Å². The minimum Gasteiger partial charge on any atom is -0.444 e. The Morgan fingerprint density at radius 3 is 1.93 bits per heavy atom. The number of nitrogens with one attached hydrogen (secondary N) is 1. The zero-order valence-corrected chi connectivity index (χ0v) is 16.9. The molecule has 1 amide bonds. The van der Waals surface area contributed by atoms with E-state index in [1.54, 1.807) is 65.5 Å². The van der Waals surface area contributed by atoms with Crippen LogP contribution in [-0.4, -0.2) is 41.5 Å². The van der Waals surface area contributed by atoms with Crippen LogP contribution in [0.4, 0.5) is 16.4 Å². The van der Waals surface area contributed by atoms with Gasteiger partial charge in [-0.05, 0) is 34.6 Å². The van der Waals surface area contributed by atoms with E-state index in [1.165, 1.54) is 4.68 Å². The van der Waals surface area contributed by atoms with Gasteiger partial charge in [0.15, 0.2) is 5.82 Å². The van der Waals surface area contributed by atoms with Gasteiger partial charge in [-0.25, -0.2) is 4.79 Å². The molecule has 0 aliphatic heterocycles. The average molecular weight is 382 g/mol. The number of ether oxygens (including phenoxy) is 1. The molecular formula is C17H30N6O4. The van der Waals surface area contributed by atoms with Crippen LogP contribution in [0.2, 0.25) is 0 Å². The summed E-state index contributed by atoms with van der Waals surface area (Å²) in [5.74, 6) is 0.802. The summed E-state index contributed by atoms with van der Waals surface area (Å²) in [7, 11) is 3.45. The van der Waals surface area contributed by atoms with E-state index in [0.717, 1.165) is 5.69 Å². The lowest BCUT2D eigenvalue weighted by Crippen LogP contribution is -2.27. The van der Waals surface area contributed by atoms with Crippen molar-refractivity contribution in [3.05, 3.63) is 23.5 Å². The Balaban J connectivity index is 0.000000309. The van der Waals surface area contributed by atoms with Crippen molar-refractivity contribution in [3.8, 4) is 0 Å². The van der Waals surface area contributed by atoms with Gasteiger partial charge in [0.1, 0.15) is 11.4 Å². The maximum absolute atomic E-state index is 11.5. The first-order valence-electron chi connectivity index (χ1n) is 8.49. The first-order chi connectivity index (χ1) is 12.3. The summed E-state index contributed by atoms with van der Waals surface area (Å²) in [6, 6.07) is 3.26. The third kappa shape index (κ3) is 7.27. The molecule has 0 fully saturated rings. The van der Waals surface area contributed by atoms with Crippen molar-refractivity contribution in [2.24, 2.45) is 14.1 Å². The minimum atomic E-state index is -0.637. The Bertz CT molecular complexity index is 758. The zero-order valence-electron chi connectivity index (χ0n) is 16.9. The van der Waals surface area contributed by atoms with Gasteiger partial charge >= 0.3 is 6.09 Å². The molecule has 0 spiro atoms. The summed E-state index contributed by atoms with van der Waals surface area (Å²) in [6.45, 7) is 8.66. The van der Waals surface area contributed by atoms with Crippen LogP contribution < -0.4 is 11.1 Å². The van der Waals surface area contributed by atoms with Gasteiger partial charge in [-0.2, -0.15) is 10.2 Å². The van der Waals surface area contributed by atoms with Gasteiger partial charge in [0.2, 0.25) is 0 Å². The van der Waals surface area contributed by atoms with E-state index in [4.69, 9.17) is 15.6 Å². The summed E-state index contributed by atoms with van der Waals surface area (Å²) >= 11 is 0. The van der Waals surface area contributed by atoms with Gasteiger partial charge in [-0.15, -0.1) is 0 Å². The van der Waals surface area contributed by atoms with Crippen molar-refractivity contribution in [2.75, 3.05) is 11.1 Å². The quantitative estimate of drug-likeness (QED) is 0.635. The van der Waals surface area contributed by atoms with E-state index in [0.29, 0.717) is 17.3 Å². The third-order valence-electron chi connectivity index (χ3n) is 3.34. The molecule has 0 saturated heterocycles. The second-order valence-electron chi connectivity index (χ2n) is 7.17. The van der Waals surface area contributed by atoms with Crippen LogP contribution in [0, 0.1) is 0 Å². The number of aryl methyl sites for hydroxylation is 2. The molecule has 2 rings (SSSR count). The van der Waals surface area contributed by atoms with Gasteiger partial charge in [-0.1, -0.05) is 0 Å². The standard InChI is InChI=1S/C11H19N3O3.C6H11N3O/c1-7(15)8-6-9(13-14(8)5)12-10(16)17-11(2,3)4;1-4(10)5-3-6(7)8-9(5)2/h6-7,15H,1-5H3,(H,12,13,16);3-4,10H,1-2H3,(H2,7,8). The Kier molecular flexibility index (Phi) is 7.37. The number of anilines is 2. The van der Waals surface area contributed by atoms with E-state index >= 15 is 0 Å².